The first-order valence-corrected chi connectivity index (χ1v) is 16.2. The van der Waals surface area contributed by atoms with E-state index in [4.69, 9.17) is 18.5 Å². The molecule has 0 fully saturated rings. The Balaban J connectivity index is 3.96. The normalized spacial score (nSPS) is 14.4. The molecule has 0 aromatic rings. The maximum atomic E-state index is 12.1. The predicted octanol–water partition coefficient (Wildman–Crippen LogP) is 6.40. The van der Waals surface area contributed by atoms with Crippen molar-refractivity contribution in [1.82, 2.24) is 0 Å². The van der Waals surface area contributed by atoms with Crippen LogP contribution in [0.3, 0.4) is 0 Å². The number of likely N-dealkylation sites (N-methyl/N-ethyl adjacent to an activating group) is 1. The minimum absolute atomic E-state index is 0.0280. The van der Waals surface area contributed by atoms with Gasteiger partial charge in [0.15, 0.2) is 0 Å². The van der Waals surface area contributed by atoms with E-state index in [0.717, 1.165) is 12.8 Å². The fourth-order valence-electron chi connectivity index (χ4n) is 3.82. The van der Waals surface area contributed by atoms with E-state index in [0.29, 0.717) is 24.1 Å². The number of carbonyl (C=O) groups excluding carboxylic acids is 1. The SMILES string of the molecule is CCCCCCCCCCCCCCCCOC[C@@H](COP(=O)([O-])OCC[N+](C)(C)C)OC(=O)CCC. The average Bonchev–Trinajstić information content (AvgIpc) is 2.81. The number of unbranched alkanes of at least 4 members (excludes halogenated alkanes) is 13. The molecule has 0 saturated heterocycles. The summed E-state index contributed by atoms with van der Waals surface area (Å²) in [7, 11) is 1.35. The number of hydrogen-bond donors (Lipinski definition) is 0. The van der Waals surface area contributed by atoms with E-state index < -0.39 is 13.9 Å². The van der Waals surface area contributed by atoms with Gasteiger partial charge in [-0.3, -0.25) is 9.36 Å². The topological polar surface area (TPSA) is 94.1 Å². The van der Waals surface area contributed by atoms with Crippen molar-refractivity contribution >= 4 is 13.8 Å². The third-order valence-corrected chi connectivity index (χ3v) is 7.09. The third kappa shape index (κ3) is 26.9. The minimum Gasteiger partial charge on any atom is -0.756 e. The van der Waals surface area contributed by atoms with Crippen molar-refractivity contribution in [3.63, 3.8) is 0 Å². The van der Waals surface area contributed by atoms with Gasteiger partial charge in [0.25, 0.3) is 7.82 Å². The van der Waals surface area contributed by atoms with Crippen LogP contribution in [-0.4, -0.2) is 70.7 Å². The lowest BCUT2D eigenvalue weighted by Gasteiger charge is -2.28. The zero-order valence-electron chi connectivity index (χ0n) is 24.7. The first-order valence-electron chi connectivity index (χ1n) is 14.8. The van der Waals surface area contributed by atoms with Crippen molar-refractivity contribution < 1.29 is 37.3 Å². The molecule has 9 heteroatoms. The number of rotatable bonds is 27. The lowest BCUT2D eigenvalue weighted by atomic mass is 10.0. The summed E-state index contributed by atoms with van der Waals surface area (Å²) < 4.78 is 33.6. The Hall–Kier alpha value is -0.500. The molecule has 222 valence electrons. The molecular weight excluding hydrogens is 493 g/mol. The van der Waals surface area contributed by atoms with Gasteiger partial charge < -0.3 is 27.9 Å². The van der Waals surface area contributed by atoms with Crippen LogP contribution in [0.1, 0.15) is 117 Å². The van der Waals surface area contributed by atoms with E-state index >= 15 is 0 Å². The highest BCUT2D eigenvalue weighted by atomic mass is 31.2. The van der Waals surface area contributed by atoms with Crippen LogP contribution in [0.25, 0.3) is 0 Å². The Morgan fingerprint density at radius 3 is 1.73 bits per heavy atom. The Morgan fingerprint density at radius 2 is 1.24 bits per heavy atom. The Kier molecular flexibility index (Phi) is 23.1. The largest absolute Gasteiger partial charge is 0.756 e. The van der Waals surface area contributed by atoms with Crippen molar-refractivity contribution in [2.24, 2.45) is 0 Å². The molecule has 0 aliphatic heterocycles. The zero-order chi connectivity index (χ0) is 27.8. The molecule has 0 rings (SSSR count). The number of esters is 1. The van der Waals surface area contributed by atoms with Crippen molar-refractivity contribution in [3.05, 3.63) is 0 Å². The average molecular weight is 552 g/mol. The number of quaternary nitrogens is 1. The summed E-state index contributed by atoms with van der Waals surface area (Å²) in [6.07, 6.45) is 18.3. The Labute approximate surface area is 228 Å². The maximum Gasteiger partial charge on any atom is 0.306 e. The number of phosphoric acid groups is 1. The second kappa shape index (κ2) is 23.4. The van der Waals surface area contributed by atoms with Crippen LogP contribution >= 0.6 is 7.82 Å². The zero-order valence-corrected chi connectivity index (χ0v) is 25.6. The van der Waals surface area contributed by atoms with Crippen molar-refractivity contribution in [3.8, 4) is 0 Å². The van der Waals surface area contributed by atoms with E-state index in [1.165, 1.54) is 77.0 Å². The first kappa shape index (κ1) is 36.5. The molecule has 0 aromatic carbocycles. The fraction of sp³-hybridized carbons (Fsp3) is 0.964. The Morgan fingerprint density at radius 1 is 0.730 bits per heavy atom. The number of carbonyl (C=O) groups is 1. The fourth-order valence-corrected chi connectivity index (χ4v) is 4.55. The molecule has 0 amide bonds. The molecule has 0 saturated carbocycles. The van der Waals surface area contributed by atoms with Crippen molar-refractivity contribution in [2.75, 3.05) is 54.1 Å². The molecule has 2 atom stereocenters. The quantitative estimate of drug-likeness (QED) is 0.0504. The molecule has 0 spiro atoms. The molecule has 0 heterocycles. The van der Waals surface area contributed by atoms with E-state index in [-0.39, 0.29) is 32.2 Å². The van der Waals surface area contributed by atoms with Crippen molar-refractivity contribution in [1.29, 1.82) is 0 Å². The summed E-state index contributed by atoms with van der Waals surface area (Å²) in [6, 6.07) is 0. The molecule has 0 aliphatic rings. The van der Waals surface area contributed by atoms with Gasteiger partial charge in [-0.25, -0.2) is 0 Å². The summed E-state index contributed by atoms with van der Waals surface area (Å²) >= 11 is 0. The van der Waals surface area contributed by atoms with E-state index in [1.54, 1.807) is 0 Å². The van der Waals surface area contributed by atoms with Crippen LogP contribution in [-0.2, 0) is 27.9 Å². The predicted molar refractivity (Wildman–Crippen MR) is 148 cm³/mol. The molecule has 0 bridgehead atoms. The molecule has 0 N–H and O–H groups in total. The summed E-state index contributed by atoms with van der Waals surface area (Å²) in [5.74, 6) is -0.386. The van der Waals surface area contributed by atoms with Gasteiger partial charge in [0, 0.05) is 13.0 Å². The summed E-state index contributed by atoms with van der Waals surface area (Å²) in [5, 5.41) is 0. The first-order chi connectivity index (χ1) is 17.6. The third-order valence-electron chi connectivity index (χ3n) is 6.13. The molecule has 1 unspecified atom stereocenters. The second-order valence-electron chi connectivity index (χ2n) is 11.1. The van der Waals surface area contributed by atoms with Crippen LogP contribution in [0.5, 0.6) is 0 Å². The van der Waals surface area contributed by atoms with E-state index in [9.17, 15) is 14.3 Å². The van der Waals surface area contributed by atoms with Gasteiger partial charge in [0.1, 0.15) is 19.3 Å². The number of nitrogens with zero attached hydrogens (tertiary/aromatic N) is 1. The van der Waals surface area contributed by atoms with Gasteiger partial charge in [-0.1, -0.05) is 97.3 Å². The van der Waals surface area contributed by atoms with E-state index in [2.05, 4.69) is 6.92 Å². The highest BCUT2D eigenvalue weighted by molar-refractivity contribution is 7.45. The molecule has 0 radical (unpaired) electrons. The Bertz CT molecular complexity index is 583. The number of ether oxygens (including phenoxy) is 2. The summed E-state index contributed by atoms with van der Waals surface area (Å²) in [4.78, 5) is 24.0. The van der Waals surface area contributed by atoms with Crippen LogP contribution in [0.2, 0.25) is 0 Å². The minimum atomic E-state index is -4.47. The van der Waals surface area contributed by atoms with Gasteiger partial charge in [0.2, 0.25) is 0 Å². The molecule has 0 aliphatic carbocycles. The van der Waals surface area contributed by atoms with Gasteiger partial charge in [-0.2, -0.15) is 0 Å². The maximum absolute atomic E-state index is 12.1. The monoisotopic (exact) mass is 551 g/mol. The summed E-state index contributed by atoms with van der Waals surface area (Å²) in [6.45, 7) is 5.04. The highest BCUT2D eigenvalue weighted by Gasteiger charge is 2.20. The number of hydrogen-bond acceptors (Lipinski definition) is 7. The number of phosphoric ester groups is 1. The van der Waals surface area contributed by atoms with Gasteiger partial charge in [-0.05, 0) is 12.8 Å². The highest BCUT2D eigenvalue weighted by Crippen LogP contribution is 2.38. The smallest absolute Gasteiger partial charge is 0.306 e. The van der Waals surface area contributed by atoms with Crippen LogP contribution in [0.4, 0.5) is 0 Å². The lowest BCUT2D eigenvalue weighted by molar-refractivity contribution is -0.870. The molecule has 0 aromatic heterocycles. The lowest BCUT2D eigenvalue weighted by Crippen LogP contribution is -2.37. The van der Waals surface area contributed by atoms with Crippen LogP contribution in [0, 0.1) is 0 Å². The summed E-state index contributed by atoms with van der Waals surface area (Å²) in [5.41, 5.74) is 0. The molecular formula is C28H58NO7P. The van der Waals surface area contributed by atoms with Gasteiger partial charge in [-0.15, -0.1) is 0 Å². The van der Waals surface area contributed by atoms with Crippen LogP contribution < -0.4 is 4.89 Å². The van der Waals surface area contributed by atoms with Gasteiger partial charge in [0.05, 0.1) is 34.4 Å². The van der Waals surface area contributed by atoms with E-state index in [1.807, 2.05) is 28.1 Å². The van der Waals surface area contributed by atoms with Crippen LogP contribution in [0.15, 0.2) is 0 Å². The molecule has 37 heavy (non-hydrogen) atoms. The van der Waals surface area contributed by atoms with Gasteiger partial charge >= 0.3 is 5.97 Å². The molecule has 8 nitrogen and oxygen atoms in total. The second-order valence-corrected chi connectivity index (χ2v) is 12.5. The van der Waals surface area contributed by atoms with Crippen molar-refractivity contribution in [2.45, 2.75) is 123 Å². The standard InChI is InChI=1S/C28H58NO7P/c1-6-8-9-10-11-12-13-14-15-16-17-18-19-20-23-33-25-27(36-28(30)21-7-2)26-35-37(31,32)34-24-22-29(3,4)5/h27H,6-26H2,1-5H3/t27-/m0/s1.